The topological polar surface area (TPSA) is 68.2 Å². The van der Waals surface area contributed by atoms with Crippen molar-refractivity contribution in [2.75, 3.05) is 12.4 Å². The Bertz CT molecular complexity index is 1020. The van der Waals surface area contributed by atoms with Crippen molar-refractivity contribution in [2.45, 2.75) is 31.2 Å². The van der Waals surface area contributed by atoms with Gasteiger partial charge in [-0.25, -0.2) is 4.68 Å². The first-order valence-corrected chi connectivity index (χ1v) is 10.1. The molecule has 10 heteroatoms. The third-order valence-corrected chi connectivity index (χ3v) is 5.97. The number of anilines is 1. The molecule has 1 aliphatic heterocycles. The third-order valence-electron chi connectivity index (χ3n) is 4.98. The zero-order chi connectivity index (χ0) is 21.3. The zero-order valence-electron chi connectivity index (χ0n) is 15.9. The van der Waals surface area contributed by atoms with Crippen LogP contribution in [-0.4, -0.2) is 29.0 Å². The summed E-state index contributed by atoms with van der Waals surface area (Å²) in [5.41, 5.74) is 0.918. The summed E-state index contributed by atoms with van der Waals surface area (Å²) in [7, 11) is 1.56. The van der Waals surface area contributed by atoms with Crippen molar-refractivity contribution in [3.8, 4) is 5.75 Å². The number of carbonyl (C=O) groups is 1. The van der Waals surface area contributed by atoms with E-state index >= 15 is 0 Å². The Balaban J connectivity index is 1.56. The van der Waals surface area contributed by atoms with E-state index in [4.69, 9.17) is 4.74 Å². The van der Waals surface area contributed by atoms with Gasteiger partial charge in [0.2, 0.25) is 0 Å². The van der Waals surface area contributed by atoms with Gasteiger partial charge in [-0.15, -0.1) is 11.3 Å². The molecule has 1 aromatic carbocycles. The Hall–Kier alpha value is -3.01. The minimum atomic E-state index is -4.48. The van der Waals surface area contributed by atoms with Crippen LogP contribution in [0.5, 0.6) is 5.75 Å². The average Bonchev–Trinajstić information content (AvgIpc) is 3.41. The summed E-state index contributed by atoms with van der Waals surface area (Å²) < 4.78 is 47.0. The average molecular weight is 436 g/mol. The SMILES string of the molecule is COc1ccc(CNC(=O)c2cnn3c2N[C@H](c2cccs2)C[C@@H]3C(F)(F)F)cc1. The van der Waals surface area contributed by atoms with Crippen LogP contribution in [0, 0.1) is 0 Å². The van der Waals surface area contributed by atoms with E-state index in [1.807, 2.05) is 5.38 Å². The van der Waals surface area contributed by atoms with Crippen LogP contribution in [0.3, 0.4) is 0 Å². The van der Waals surface area contributed by atoms with Gasteiger partial charge in [0.1, 0.15) is 17.1 Å². The number of halogens is 3. The minimum Gasteiger partial charge on any atom is -0.497 e. The number of hydrogen-bond acceptors (Lipinski definition) is 5. The maximum Gasteiger partial charge on any atom is 0.410 e. The summed E-state index contributed by atoms with van der Waals surface area (Å²) in [5.74, 6) is 0.277. The number of hydrogen-bond donors (Lipinski definition) is 2. The van der Waals surface area contributed by atoms with Crippen molar-refractivity contribution in [1.29, 1.82) is 0 Å². The number of thiophene rings is 1. The molecule has 0 aliphatic carbocycles. The lowest BCUT2D eigenvalue weighted by atomic mass is 10.0. The number of methoxy groups -OCH3 is 1. The fraction of sp³-hybridized carbons (Fsp3) is 0.300. The van der Waals surface area contributed by atoms with Gasteiger partial charge in [-0.3, -0.25) is 4.79 Å². The first kappa shape index (κ1) is 20.3. The van der Waals surface area contributed by atoms with E-state index in [1.165, 1.54) is 17.5 Å². The van der Waals surface area contributed by atoms with Crippen LogP contribution in [0.1, 0.15) is 39.3 Å². The van der Waals surface area contributed by atoms with E-state index in [1.54, 1.807) is 43.5 Å². The lowest BCUT2D eigenvalue weighted by molar-refractivity contribution is -0.173. The van der Waals surface area contributed by atoms with Gasteiger partial charge in [-0.1, -0.05) is 18.2 Å². The van der Waals surface area contributed by atoms with Crippen molar-refractivity contribution in [1.82, 2.24) is 15.1 Å². The van der Waals surface area contributed by atoms with Crippen molar-refractivity contribution < 1.29 is 22.7 Å². The number of fused-ring (bicyclic) bond motifs is 1. The summed E-state index contributed by atoms with van der Waals surface area (Å²) in [6.07, 6.45) is -3.48. The van der Waals surface area contributed by atoms with Gasteiger partial charge in [0.05, 0.1) is 19.3 Å². The summed E-state index contributed by atoms with van der Waals surface area (Å²) >= 11 is 1.37. The predicted octanol–water partition coefficient (Wildman–Crippen LogP) is 4.54. The molecule has 0 radical (unpaired) electrons. The third kappa shape index (κ3) is 4.00. The maximum atomic E-state index is 13.7. The van der Waals surface area contributed by atoms with Crippen LogP contribution in [0.2, 0.25) is 0 Å². The van der Waals surface area contributed by atoms with Gasteiger partial charge < -0.3 is 15.4 Å². The minimum absolute atomic E-state index is 0.0780. The molecule has 0 saturated carbocycles. The highest BCUT2D eigenvalue weighted by atomic mass is 32.1. The fourth-order valence-electron chi connectivity index (χ4n) is 3.43. The van der Waals surface area contributed by atoms with Crippen molar-refractivity contribution in [2.24, 2.45) is 0 Å². The lowest BCUT2D eigenvalue weighted by Gasteiger charge is -2.33. The molecule has 2 aromatic heterocycles. The normalized spacial score (nSPS) is 18.4. The second-order valence-electron chi connectivity index (χ2n) is 6.89. The zero-order valence-corrected chi connectivity index (χ0v) is 16.8. The van der Waals surface area contributed by atoms with Crippen LogP contribution >= 0.6 is 11.3 Å². The molecular weight excluding hydrogens is 417 g/mol. The molecule has 0 spiro atoms. The Kier molecular flexibility index (Phi) is 5.42. The second-order valence-corrected chi connectivity index (χ2v) is 7.87. The van der Waals surface area contributed by atoms with Gasteiger partial charge in [0.15, 0.2) is 6.04 Å². The van der Waals surface area contributed by atoms with Gasteiger partial charge in [0.25, 0.3) is 5.91 Å². The standard InChI is InChI=1S/C20H19F3N4O2S/c1-29-13-6-4-12(5-7-13)10-24-19(28)14-11-25-27-17(20(21,22)23)9-15(26-18(14)27)16-3-2-8-30-16/h2-8,11,15,17,26H,9-10H2,1H3,(H,24,28)/t15-,17+/m0/s1. The Morgan fingerprint density at radius 2 is 2.10 bits per heavy atom. The largest absolute Gasteiger partial charge is 0.497 e. The van der Waals surface area contributed by atoms with E-state index in [0.717, 1.165) is 15.1 Å². The molecule has 30 heavy (non-hydrogen) atoms. The van der Waals surface area contributed by atoms with Gasteiger partial charge in [-0.2, -0.15) is 18.3 Å². The van der Waals surface area contributed by atoms with E-state index in [0.29, 0.717) is 5.75 Å². The molecule has 0 unspecified atom stereocenters. The van der Waals surface area contributed by atoms with Gasteiger partial charge >= 0.3 is 6.18 Å². The van der Waals surface area contributed by atoms with Gasteiger partial charge in [0, 0.05) is 17.8 Å². The molecule has 3 heterocycles. The highest BCUT2D eigenvalue weighted by Crippen LogP contribution is 2.45. The molecular formula is C20H19F3N4O2S. The Morgan fingerprint density at radius 3 is 2.73 bits per heavy atom. The summed E-state index contributed by atoms with van der Waals surface area (Å²) in [6.45, 7) is 0.227. The number of nitrogens with zero attached hydrogens (tertiary/aromatic N) is 2. The Morgan fingerprint density at radius 1 is 1.33 bits per heavy atom. The highest BCUT2D eigenvalue weighted by Gasteiger charge is 2.47. The number of amides is 1. The number of rotatable bonds is 5. The number of alkyl halides is 3. The summed E-state index contributed by atoms with van der Waals surface area (Å²) in [5, 5.41) is 11.5. The molecule has 1 amide bonds. The molecule has 2 atom stereocenters. The molecule has 6 nitrogen and oxygen atoms in total. The van der Waals surface area contributed by atoms with Gasteiger partial charge in [-0.05, 0) is 29.1 Å². The molecule has 0 bridgehead atoms. The van der Waals surface area contributed by atoms with Crippen LogP contribution in [0.15, 0.2) is 48.0 Å². The number of nitrogens with one attached hydrogen (secondary N) is 2. The van der Waals surface area contributed by atoms with E-state index in [2.05, 4.69) is 15.7 Å². The highest BCUT2D eigenvalue weighted by molar-refractivity contribution is 7.10. The smallest absolute Gasteiger partial charge is 0.410 e. The van der Waals surface area contributed by atoms with Crippen molar-refractivity contribution in [3.05, 3.63) is 64.0 Å². The van der Waals surface area contributed by atoms with E-state index in [9.17, 15) is 18.0 Å². The molecule has 158 valence electrons. The molecule has 0 fully saturated rings. The molecule has 3 aromatic rings. The summed E-state index contributed by atoms with van der Waals surface area (Å²) in [4.78, 5) is 13.5. The molecule has 0 saturated heterocycles. The second kappa shape index (κ2) is 8.02. The lowest BCUT2D eigenvalue weighted by Crippen LogP contribution is -2.36. The van der Waals surface area contributed by atoms with Crippen LogP contribution < -0.4 is 15.4 Å². The molecule has 1 aliphatic rings. The van der Waals surface area contributed by atoms with Crippen LogP contribution in [0.25, 0.3) is 0 Å². The van der Waals surface area contributed by atoms with Crippen molar-refractivity contribution >= 4 is 23.1 Å². The number of aromatic nitrogens is 2. The number of benzene rings is 1. The van der Waals surface area contributed by atoms with E-state index in [-0.39, 0.29) is 24.3 Å². The Labute approximate surface area is 174 Å². The first-order valence-electron chi connectivity index (χ1n) is 9.22. The van der Waals surface area contributed by atoms with Crippen LogP contribution in [0.4, 0.5) is 19.0 Å². The number of carbonyl (C=O) groups excluding carboxylic acids is 1. The maximum absolute atomic E-state index is 13.7. The molecule has 4 rings (SSSR count). The van der Waals surface area contributed by atoms with Crippen molar-refractivity contribution in [3.63, 3.8) is 0 Å². The molecule has 2 N–H and O–H groups in total. The van der Waals surface area contributed by atoms with Crippen LogP contribution in [-0.2, 0) is 6.54 Å². The van der Waals surface area contributed by atoms with E-state index < -0.39 is 24.2 Å². The summed E-state index contributed by atoms with van der Waals surface area (Å²) in [6, 6.07) is 8.37. The fourth-order valence-corrected chi connectivity index (χ4v) is 4.22. The predicted molar refractivity (Wildman–Crippen MR) is 107 cm³/mol. The number of ether oxygens (including phenoxy) is 1. The monoisotopic (exact) mass is 436 g/mol. The quantitative estimate of drug-likeness (QED) is 0.616. The first-order chi connectivity index (χ1) is 14.4.